The first-order valence-electron chi connectivity index (χ1n) is 5.58. The Balaban J connectivity index is 2.15. The third-order valence-electron chi connectivity index (χ3n) is 4.25. The lowest BCUT2D eigenvalue weighted by Crippen LogP contribution is -2.36. The number of fused-ring (bicyclic) bond motifs is 2. The van der Waals surface area contributed by atoms with Gasteiger partial charge in [0.1, 0.15) is 0 Å². The second-order valence-electron chi connectivity index (χ2n) is 5.07. The summed E-state index contributed by atoms with van der Waals surface area (Å²) in [5.41, 5.74) is 5.75. The molecule has 2 rings (SSSR count). The molecule has 0 saturated heterocycles. The summed E-state index contributed by atoms with van der Waals surface area (Å²) in [6.07, 6.45) is 6.32. The predicted octanol–water partition coefficient (Wildman–Crippen LogP) is 1.62. The number of hydrogen-bond donors (Lipinski definition) is 2. The molecule has 14 heavy (non-hydrogen) atoms. The minimum absolute atomic E-state index is 0.0625. The summed E-state index contributed by atoms with van der Waals surface area (Å²) in [7, 11) is 0. The van der Waals surface area contributed by atoms with E-state index in [2.05, 4.69) is 0 Å². The summed E-state index contributed by atoms with van der Waals surface area (Å²) in [4.78, 5) is 10.9. The highest BCUT2D eigenvalue weighted by atomic mass is 16.4. The van der Waals surface area contributed by atoms with Crippen molar-refractivity contribution in [3.63, 3.8) is 0 Å². The third kappa shape index (κ3) is 1.54. The van der Waals surface area contributed by atoms with Crippen molar-refractivity contribution in [2.45, 2.75) is 38.5 Å². The molecule has 0 radical (unpaired) electrons. The first kappa shape index (κ1) is 9.97. The van der Waals surface area contributed by atoms with Gasteiger partial charge in [0.25, 0.3) is 0 Å². The predicted molar refractivity (Wildman–Crippen MR) is 53.8 cm³/mol. The van der Waals surface area contributed by atoms with E-state index in [0.717, 1.165) is 12.3 Å². The lowest BCUT2D eigenvalue weighted by molar-refractivity contribution is -0.140. The maximum Gasteiger partial charge on any atom is 0.303 e. The van der Waals surface area contributed by atoms with Crippen molar-refractivity contribution in [3.8, 4) is 0 Å². The molecule has 0 aromatic carbocycles. The van der Waals surface area contributed by atoms with Gasteiger partial charge in [0, 0.05) is 0 Å². The summed E-state index contributed by atoms with van der Waals surface area (Å²) < 4.78 is 0. The maximum atomic E-state index is 10.9. The van der Waals surface area contributed by atoms with Crippen molar-refractivity contribution in [3.05, 3.63) is 0 Å². The summed E-state index contributed by atoms with van der Waals surface area (Å²) >= 11 is 0. The van der Waals surface area contributed by atoms with Crippen molar-refractivity contribution in [2.75, 3.05) is 6.54 Å². The van der Waals surface area contributed by atoms with Crippen LogP contribution < -0.4 is 5.73 Å². The molecule has 3 nitrogen and oxygen atoms in total. The average molecular weight is 197 g/mol. The first-order chi connectivity index (χ1) is 6.66. The van der Waals surface area contributed by atoms with Gasteiger partial charge in [-0.15, -0.1) is 0 Å². The molecule has 0 unspecified atom stereocenters. The minimum Gasteiger partial charge on any atom is -0.481 e. The number of nitrogens with two attached hydrogens (primary N) is 1. The minimum atomic E-state index is -0.678. The fourth-order valence-electron chi connectivity index (χ4n) is 3.61. The molecular formula is C11H19NO2. The van der Waals surface area contributed by atoms with Crippen molar-refractivity contribution < 1.29 is 9.90 Å². The summed E-state index contributed by atoms with van der Waals surface area (Å²) in [5, 5.41) is 8.93. The molecule has 0 aromatic heterocycles. The molecule has 2 aliphatic carbocycles. The zero-order chi connectivity index (χ0) is 10.2. The van der Waals surface area contributed by atoms with Crippen LogP contribution in [0, 0.1) is 17.3 Å². The number of carboxylic acid groups (broad SMARTS) is 1. The summed E-state index contributed by atoms with van der Waals surface area (Å²) in [6.45, 7) is 0.556. The van der Waals surface area contributed by atoms with Crippen LogP contribution in [0.4, 0.5) is 0 Å². The molecule has 80 valence electrons. The van der Waals surface area contributed by atoms with Gasteiger partial charge in [-0.25, -0.2) is 0 Å². The lowest BCUT2D eigenvalue weighted by Gasteiger charge is -2.32. The van der Waals surface area contributed by atoms with Crippen LogP contribution in [0.3, 0.4) is 0 Å². The van der Waals surface area contributed by atoms with E-state index < -0.39 is 5.97 Å². The van der Waals surface area contributed by atoms with E-state index in [1.165, 1.54) is 25.7 Å². The monoisotopic (exact) mass is 197 g/mol. The van der Waals surface area contributed by atoms with E-state index in [1.807, 2.05) is 0 Å². The molecular weight excluding hydrogens is 178 g/mol. The van der Waals surface area contributed by atoms with Crippen LogP contribution in [0.25, 0.3) is 0 Å². The van der Waals surface area contributed by atoms with Crippen LogP contribution in [-0.4, -0.2) is 17.6 Å². The van der Waals surface area contributed by atoms with Crippen molar-refractivity contribution in [2.24, 2.45) is 23.0 Å². The second kappa shape index (κ2) is 3.54. The van der Waals surface area contributed by atoms with E-state index in [9.17, 15) is 4.79 Å². The molecule has 0 heterocycles. The number of carbonyl (C=O) groups is 1. The largest absolute Gasteiger partial charge is 0.481 e. The Morgan fingerprint density at radius 2 is 2.29 bits per heavy atom. The van der Waals surface area contributed by atoms with Gasteiger partial charge in [0.2, 0.25) is 0 Å². The molecule has 0 aliphatic heterocycles. The number of carboxylic acids is 1. The first-order valence-corrected chi connectivity index (χ1v) is 5.58. The zero-order valence-corrected chi connectivity index (χ0v) is 8.54. The van der Waals surface area contributed by atoms with Crippen LogP contribution in [-0.2, 0) is 4.79 Å². The molecule has 0 amide bonds. The Labute approximate surface area is 84.7 Å². The van der Waals surface area contributed by atoms with E-state index in [0.29, 0.717) is 12.5 Å². The van der Waals surface area contributed by atoms with Crippen LogP contribution in [0.15, 0.2) is 0 Å². The molecule has 2 saturated carbocycles. The third-order valence-corrected chi connectivity index (χ3v) is 4.25. The molecule has 2 bridgehead atoms. The van der Waals surface area contributed by atoms with Gasteiger partial charge in [0.15, 0.2) is 0 Å². The SMILES string of the molecule is NC[C@]1(CC(=O)O)C[C@@H]2CCC[C@@H]1C2. The van der Waals surface area contributed by atoms with Gasteiger partial charge in [-0.05, 0) is 43.1 Å². The quantitative estimate of drug-likeness (QED) is 0.722. The van der Waals surface area contributed by atoms with Gasteiger partial charge in [-0.3, -0.25) is 4.79 Å². The van der Waals surface area contributed by atoms with Crippen molar-refractivity contribution >= 4 is 5.97 Å². The fraction of sp³-hybridized carbons (Fsp3) is 0.909. The van der Waals surface area contributed by atoms with Gasteiger partial charge in [0.05, 0.1) is 6.42 Å². The molecule has 0 spiro atoms. The molecule has 3 N–H and O–H groups in total. The Kier molecular flexibility index (Phi) is 2.52. The smallest absolute Gasteiger partial charge is 0.303 e. The van der Waals surface area contributed by atoms with Crippen LogP contribution >= 0.6 is 0 Å². The summed E-state index contributed by atoms with van der Waals surface area (Å²) in [5.74, 6) is 0.669. The Morgan fingerprint density at radius 3 is 2.86 bits per heavy atom. The highest BCUT2D eigenvalue weighted by Crippen LogP contribution is 2.54. The summed E-state index contributed by atoms with van der Waals surface area (Å²) in [6, 6.07) is 0. The average Bonchev–Trinajstić information content (AvgIpc) is 2.38. The Hall–Kier alpha value is -0.570. The van der Waals surface area contributed by atoms with E-state index in [4.69, 9.17) is 10.8 Å². The van der Waals surface area contributed by atoms with Gasteiger partial charge in [-0.1, -0.05) is 12.8 Å². The molecule has 2 aliphatic rings. The second-order valence-corrected chi connectivity index (χ2v) is 5.07. The number of rotatable bonds is 3. The number of hydrogen-bond acceptors (Lipinski definition) is 2. The highest BCUT2D eigenvalue weighted by molar-refractivity contribution is 5.68. The zero-order valence-electron chi connectivity index (χ0n) is 8.54. The van der Waals surface area contributed by atoms with Gasteiger partial charge in [-0.2, -0.15) is 0 Å². The highest BCUT2D eigenvalue weighted by Gasteiger charge is 2.48. The molecule has 3 atom stereocenters. The molecule has 3 heteroatoms. The van der Waals surface area contributed by atoms with E-state index in [1.54, 1.807) is 0 Å². The normalized spacial score (nSPS) is 41.2. The number of aliphatic carboxylic acids is 1. The molecule has 0 aromatic rings. The van der Waals surface area contributed by atoms with E-state index in [-0.39, 0.29) is 11.8 Å². The van der Waals surface area contributed by atoms with Crippen LogP contribution in [0.5, 0.6) is 0 Å². The van der Waals surface area contributed by atoms with Crippen LogP contribution in [0.1, 0.15) is 38.5 Å². The molecule has 2 fully saturated rings. The van der Waals surface area contributed by atoms with E-state index >= 15 is 0 Å². The van der Waals surface area contributed by atoms with Gasteiger partial charge >= 0.3 is 5.97 Å². The van der Waals surface area contributed by atoms with Crippen molar-refractivity contribution in [1.29, 1.82) is 0 Å². The lowest BCUT2D eigenvalue weighted by atomic mass is 9.73. The standard InChI is InChI=1S/C11H19NO2/c12-7-11(6-10(13)14)5-8-2-1-3-9(11)4-8/h8-9H,1-7,12H2,(H,13,14)/t8-,9-,11-/m1/s1. The van der Waals surface area contributed by atoms with Crippen LogP contribution in [0.2, 0.25) is 0 Å². The maximum absolute atomic E-state index is 10.9. The Bertz CT molecular complexity index is 241. The van der Waals surface area contributed by atoms with Crippen molar-refractivity contribution in [1.82, 2.24) is 0 Å². The van der Waals surface area contributed by atoms with Gasteiger partial charge < -0.3 is 10.8 Å². The topological polar surface area (TPSA) is 63.3 Å². The Morgan fingerprint density at radius 1 is 1.50 bits per heavy atom. The fourth-order valence-corrected chi connectivity index (χ4v) is 3.61.